The lowest BCUT2D eigenvalue weighted by molar-refractivity contribution is 0.0352. The molecule has 2 aliphatic rings. The summed E-state index contributed by atoms with van der Waals surface area (Å²) in [7, 11) is 1.68. The average Bonchev–Trinajstić information content (AvgIpc) is 3.05. The number of piperidine rings is 2. The van der Waals surface area contributed by atoms with Crippen molar-refractivity contribution >= 4 is 22.5 Å². The number of hydrogen-bond acceptors (Lipinski definition) is 7. The van der Waals surface area contributed by atoms with Gasteiger partial charge in [0.2, 0.25) is 0 Å². The second-order valence-electron chi connectivity index (χ2n) is 12.0. The molecule has 3 aromatic rings. The van der Waals surface area contributed by atoms with Crippen molar-refractivity contribution in [3.63, 3.8) is 0 Å². The highest BCUT2D eigenvalue weighted by molar-refractivity contribution is 6.32. The van der Waals surface area contributed by atoms with Gasteiger partial charge in [0.25, 0.3) is 0 Å². The van der Waals surface area contributed by atoms with Gasteiger partial charge in [0, 0.05) is 37.2 Å². The Hall–Kier alpha value is -2.29. The van der Waals surface area contributed by atoms with E-state index in [9.17, 15) is 5.11 Å². The highest BCUT2D eigenvalue weighted by atomic mass is 35.5. The number of aliphatic hydroxyl groups is 2. The summed E-state index contributed by atoms with van der Waals surface area (Å²) >= 11 is 6.54. The van der Waals surface area contributed by atoms with Crippen LogP contribution in [0, 0.1) is 11.3 Å². The molecule has 2 aromatic heterocycles. The Labute approximate surface area is 256 Å². The minimum atomic E-state index is 0.0270. The smallest absolute Gasteiger partial charge is 0.119 e. The van der Waals surface area contributed by atoms with Crippen LogP contribution in [0.3, 0.4) is 0 Å². The van der Waals surface area contributed by atoms with Gasteiger partial charge >= 0.3 is 0 Å². The van der Waals surface area contributed by atoms with E-state index in [1.54, 1.807) is 13.3 Å². The number of nitrogens with zero attached hydrogens (tertiary/aromatic N) is 3. The van der Waals surface area contributed by atoms with E-state index in [1.165, 1.54) is 18.4 Å². The summed E-state index contributed by atoms with van der Waals surface area (Å²) in [6.07, 6.45) is 16.4. The number of fused-ring (bicyclic) bond motifs is 1. The number of ether oxygens (including phenoxy) is 1. The lowest BCUT2D eigenvalue weighted by Gasteiger charge is -2.41. The largest absolute Gasteiger partial charge is 0.497 e. The number of aryl methyl sites for hydroxylation is 2. The Morgan fingerprint density at radius 3 is 2.52 bits per heavy atom. The van der Waals surface area contributed by atoms with E-state index in [2.05, 4.69) is 26.3 Å². The summed E-state index contributed by atoms with van der Waals surface area (Å²) in [6.45, 7) is 6.11. The molecule has 230 valence electrons. The number of rotatable bonds is 12. The number of hydrogen-bond donors (Lipinski definition) is 3. The fourth-order valence-electron chi connectivity index (χ4n) is 6.24. The molecule has 0 amide bonds. The first-order valence-electron chi connectivity index (χ1n) is 15.7. The van der Waals surface area contributed by atoms with Crippen LogP contribution in [0.1, 0.15) is 62.5 Å². The van der Waals surface area contributed by atoms with Gasteiger partial charge in [-0.2, -0.15) is 0 Å². The summed E-state index contributed by atoms with van der Waals surface area (Å²) in [6, 6.07) is 10.1. The molecule has 2 fully saturated rings. The Kier molecular flexibility index (Phi) is 13.3. The lowest BCUT2D eigenvalue weighted by Crippen LogP contribution is -2.42. The molecule has 0 atom stereocenters. The number of unbranched alkanes of at least 4 members (excludes halogenated alkanes) is 1. The van der Waals surface area contributed by atoms with Gasteiger partial charge in [0.1, 0.15) is 5.75 Å². The van der Waals surface area contributed by atoms with Crippen molar-refractivity contribution in [2.75, 3.05) is 53.0 Å². The quantitative estimate of drug-likeness (QED) is 0.231. The molecular formula is C34H49ClN4O3. The lowest BCUT2D eigenvalue weighted by atomic mass is 9.75. The zero-order chi connectivity index (χ0) is 29.6. The summed E-state index contributed by atoms with van der Waals surface area (Å²) < 4.78 is 5.41. The third-order valence-electron chi connectivity index (χ3n) is 9.15. The van der Waals surface area contributed by atoms with E-state index < -0.39 is 0 Å². The Morgan fingerprint density at radius 2 is 1.86 bits per heavy atom. The van der Waals surface area contributed by atoms with Crippen LogP contribution in [-0.4, -0.2) is 78.1 Å². The number of benzene rings is 1. The van der Waals surface area contributed by atoms with Crippen molar-refractivity contribution in [2.24, 2.45) is 11.3 Å². The number of aliphatic hydroxyl groups excluding tert-OH is 2. The Bertz CT molecular complexity index is 1200. The van der Waals surface area contributed by atoms with Crippen molar-refractivity contribution in [1.29, 1.82) is 0 Å². The fraction of sp³-hybridized carbons (Fsp3) is 0.588. The summed E-state index contributed by atoms with van der Waals surface area (Å²) in [5.74, 6) is 1.40. The van der Waals surface area contributed by atoms with E-state index in [0.29, 0.717) is 17.5 Å². The third kappa shape index (κ3) is 9.61. The molecule has 0 spiro atoms. The molecule has 2 saturated heterocycles. The molecule has 5 rings (SSSR count). The minimum Gasteiger partial charge on any atom is -0.497 e. The maximum atomic E-state index is 10.3. The van der Waals surface area contributed by atoms with Crippen molar-refractivity contribution in [3.05, 3.63) is 65.1 Å². The molecule has 42 heavy (non-hydrogen) atoms. The van der Waals surface area contributed by atoms with Gasteiger partial charge in [0.15, 0.2) is 0 Å². The van der Waals surface area contributed by atoms with Gasteiger partial charge in [-0.1, -0.05) is 17.7 Å². The molecule has 0 radical (unpaired) electrons. The van der Waals surface area contributed by atoms with Crippen LogP contribution >= 0.6 is 11.6 Å². The van der Waals surface area contributed by atoms with Gasteiger partial charge in [-0.25, -0.2) is 0 Å². The minimum absolute atomic E-state index is 0.0270. The number of likely N-dealkylation sites (tertiary alicyclic amines) is 1. The number of halogens is 1. The summed E-state index contributed by atoms with van der Waals surface area (Å²) in [5, 5.41) is 24.0. The standard InChI is InChI=1S/C28H36ClN3O2.C6H13NO/c1-34-23-9-10-27-25(18-23)24(26(29)20-31-27)8-4-11-28(21-33)12-16-32(17-13-28)15-3-2-6-22-7-5-14-30-19-22;8-5-6-1-3-7-4-2-6/h5,7,9-10,14,18-20,33H,2-4,6,8,11-13,15-17,21H2,1H3;6-8H,1-5H2. The van der Waals surface area contributed by atoms with Gasteiger partial charge < -0.3 is 25.2 Å². The maximum absolute atomic E-state index is 10.3. The highest BCUT2D eigenvalue weighted by Gasteiger charge is 2.33. The first-order valence-corrected chi connectivity index (χ1v) is 16.1. The first kappa shape index (κ1) is 32.6. The van der Waals surface area contributed by atoms with Gasteiger partial charge in [-0.3, -0.25) is 9.97 Å². The van der Waals surface area contributed by atoms with Crippen LogP contribution in [0.25, 0.3) is 10.9 Å². The van der Waals surface area contributed by atoms with Crippen LogP contribution < -0.4 is 10.1 Å². The monoisotopic (exact) mass is 596 g/mol. The van der Waals surface area contributed by atoms with Crippen molar-refractivity contribution < 1.29 is 14.9 Å². The molecular weight excluding hydrogens is 548 g/mol. The Morgan fingerprint density at radius 1 is 1.05 bits per heavy atom. The van der Waals surface area contributed by atoms with Crippen LogP contribution in [0.2, 0.25) is 5.02 Å². The van der Waals surface area contributed by atoms with E-state index >= 15 is 0 Å². The maximum Gasteiger partial charge on any atom is 0.119 e. The molecule has 0 aliphatic carbocycles. The van der Waals surface area contributed by atoms with Crippen LogP contribution in [0.15, 0.2) is 48.9 Å². The summed E-state index contributed by atoms with van der Waals surface area (Å²) in [4.78, 5) is 11.2. The number of pyridine rings is 2. The number of methoxy groups -OCH3 is 1. The SMILES string of the molecule is COc1ccc2ncc(Cl)c(CCCC3(CO)CCN(CCCCc4cccnc4)CC3)c2c1.OCC1CCNCC1. The van der Waals surface area contributed by atoms with Crippen LogP contribution in [0.5, 0.6) is 5.75 Å². The number of aromatic nitrogens is 2. The molecule has 4 heterocycles. The molecule has 8 heteroatoms. The van der Waals surface area contributed by atoms with Crippen LogP contribution in [-0.2, 0) is 12.8 Å². The topological polar surface area (TPSA) is 90.7 Å². The second kappa shape index (κ2) is 17.1. The van der Waals surface area contributed by atoms with Crippen LogP contribution in [0.4, 0.5) is 0 Å². The molecule has 0 unspecified atom stereocenters. The van der Waals surface area contributed by atoms with Gasteiger partial charge in [-0.15, -0.1) is 0 Å². The van der Waals surface area contributed by atoms with E-state index in [0.717, 1.165) is 106 Å². The zero-order valence-corrected chi connectivity index (χ0v) is 26.0. The van der Waals surface area contributed by atoms with E-state index in [4.69, 9.17) is 21.4 Å². The molecule has 0 saturated carbocycles. The molecule has 0 bridgehead atoms. The third-order valence-corrected chi connectivity index (χ3v) is 9.48. The molecule has 2 aliphatic heterocycles. The number of nitrogens with one attached hydrogen (secondary N) is 1. The Balaban J connectivity index is 0.000000437. The van der Waals surface area contributed by atoms with E-state index in [-0.39, 0.29) is 12.0 Å². The molecule has 1 aromatic carbocycles. The summed E-state index contributed by atoms with van der Waals surface area (Å²) in [5.41, 5.74) is 3.42. The van der Waals surface area contributed by atoms with Crippen molar-refractivity contribution in [2.45, 2.75) is 64.2 Å². The highest BCUT2D eigenvalue weighted by Crippen LogP contribution is 2.37. The van der Waals surface area contributed by atoms with Crippen molar-refractivity contribution in [1.82, 2.24) is 20.2 Å². The second-order valence-corrected chi connectivity index (χ2v) is 12.4. The van der Waals surface area contributed by atoms with Gasteiger partial charge in [0.05, 0.1) is 17.6 Å². The van der Waals surface area contributed by atoms with Gasteiger partial charge in [-0.05, 0) is 144 Å². The predicted molar refractivity (Wildman–Crippen MR) is 171 cm³/mol. The van der Waals surface area contributed by atoms with E-state index in [1.807, 2.05) is 36.7 Å². The van der Waals surface area contributed by atoms with Crippen molar-refractivity contribution in [3.8, 4) is 5.75 Å². The molecule has 7 nitrogen and oxygen atoms in total. The fourth-order valence-corrected chi connectivity index (χ4v) is 6.48. The first-order chi connectivity index (χ1) is 20.6. The predicted octanol–water partition coefficient (Wildman–Crippen LogP) is 5.69. The molecule has 3 N–H and O–H groups in total. The zero-order valence-electron chi connectivity index (χ0n) is 25.2. The average molecular weight is 597 g/mol. The normalized spacial score (nSPS) is 17.5.